The van der Waals surface area contributed by atoms with Crippen molar-refractivity contribution in [2.45, 2.75) is 13.8 Å². The molecule has 37 heavy (non-hydrogen) atoms. The maximum absolute atomic E-state index is 12.8. The zero-order valence-electron chi connectivity index (χ0n) is 20.8. The molecule has 3 nitrogen and oxygen atoms in total. The first-order valence-electron chi connectivity index (χ1n) is 12.2. The summed E-state index contributed by atoms with van der Waals surface area (Å²) in [6, 6.07) is 38.8. The van der Waals surface area contributed by atoms with Gasteiger partial charge in [-0.25, -0.2) is 0 Å². The molecule has 3 heteroatoms. The summed E-state index contributed by atoms with van der Waals surface area (Å²) >= 11 is 0. The van der Waals surface area contributed by atoms with Crippen LogP contribution in [0.1, 0.15) is 38.8 Å². The Bertz CT molecular complexity index is 1530. The highest BCUT2D eigenvalue weighted by atomic mass is 16.5. The van der Waals surface area contributed by atoms with Crippen molar-refractivity contribution in [2.24, 2.45) is 0 Å². The molecule has 180 valence electrons. The Hall–Kier alpha value is -4.76. The summed E-state index contributed by atoms with van der Waals surface area (Å²) in [5.74, 6) is 1.54. The first kappa shape index (κ1) is 24.0. The minimum Gasteiger partial charge on any atom is -0.457 e. The number of aryl methyl sites for hydroxylation is 1. The van der Waals surface area contributed by atoms with Crippen LogP contribution < -0.4 is 4.74 Å². The third-order valence-electron chi connectivity index (χ3n) is 6.36. The van der Waals surface area contributed by atoms with Gasteiger partial charge in [-0.3, -0.25) is 9.59 Å². The van der Waals surface area contributed by atoms with E-state index in [4.69, 9.17) is 4.74 Å². The van der Waals surface area contributed by atoms with Crippen LogP contribution in [-0.4, -0.2) is 11.6 Å². The molecular formula is C34H26O3. The van der Waals surface area contributed by atoms with Crippen molar-refractivity contribution in [1.29, 1.82) is 0 Å². The van der Waals surface area contributed by atoms with Crippen molar-refractivity contribution in [1.82, 2.24) is 0 Å². The molecule has 0 amide bonds. The van der Waals surface area contributed by atoms with Crippen molar-refractivity contribution in [3.8, 4) is 33.8 Å². The fraction of sp³-hybridized carbons (Fsp3) is 0.0588. The fourth-order valence-electron chi connectivity index (χ4n) is 4.15. The molecule has 0 unspecified atom stereocenters. The van der Waals surface area contributed by atoms with Crippen LogP contribution >= 0.6 is 0 Å². The normalized spacial score (nSPS) is 10.6. The van der Waals surface area contributed by atoms with Gasteiger partial charge in [-0.2, -0.15) is 0 Å². The van der Waals surface area contributed by atoms with Crippen molar-refractivity contribution < 1.29 is 14.3 Å². The molecule has 0 aliphatic heterocycles. The second-order valence-corrected chi connectivity index (χ2v) is 9.06. The Labute approximate surface area is 217 Å². The average molecular weight is 483 g/mol. The molecule has 5 rings (SSSR count). The summed E-state index contributed by atoms with van der Waals surface area (Å²) in [6.45, 7) is 3.57. The Morgan fingerprint density at radius 3 is 1.22 bits per heavy atom. The maximum Gasteiger partial charge on any atom is 0.193 e. The highest BCUT2D eigenvalue weighted by Crippen LogP contribution is 2.28. The van der Waals surface area contributed by atoms with Crippen molar-refractivity contribution in [2.75, 3.05) is 0 Å². The van der Waals surface area contributed by atoms with E-state index in [1.165, 1.54) is 12.5 Å². The Kier molecular flexibility index (Phi) is 6.78. The van der Waals surface area contributed by atoms with Gasteiger partial charge in [0, 0.05) is 16.7 Å². The van der Waals surface area contributed by atoms with Gasteiger partial charge in [0.1, 0.15) is 11.5 Å². The number of hydrogen-bond acceptors (Lipinski definition) is 3. The molecule has 0 aromatic heterocycles. The van der Waals surface area contributed by atoms with E-state index in [2.05, 4.69) is 43.3 Å². The number of rotatable bonds is 7. The van der Waals surface area contributed by atoms with Crippen molar-refractivity contribution >= 4 is 11.6 Å². The lowest BCUT2D eigenvalue weighted by Gasteiger charge is -2.09. The lowest BCUT2D eigenvalue weighted by Crippen LogP contribution is -2.02. The number of carbonyl (C=O) groups is 2. The Balaban J connectivity index is 1.26. The first-order valence-corrected chi connectivity index (χ1v) is 12.2. The quantitative estimate of drug-likeness (QED) is 0.218. The van der Waals surface area contributed by atoms with Crippen molar-refractivity contribution in [3.63, 3.8) is 0 Å². The SMILES string of the molecule is CC(=O)c1ccc(C(=O)c2ccc(-c3ccc(-c4ccc(Oc5ccc(C)cc5)cc4)cc3)cc2)cc1. The van der Waals surface area contributed by atoms with Gasteiger partial charge >= 0.3 is 0 Å². The number of ketones is 2. The summed E-state index contributed by atoms with van der Waals surface area (Å²) in [7, 11) is 0. The number of carbonyl (C=O) groups excluding carboxylic acids is 2. The number of ether oxygens (including phenoxy) is 1. The summed E-state index contributed by atoms with van der Waals surface area (Å²) in [4.78, 5) is 24.3. The van der Waals surface area contributed by atoms with E-state index < -0.39 is 0 Å². The highest BCUT2D eigenvalue weighted by Gasteiger charge is 2.10. The van der Waals surface area contributed by atoms with Crippen LogP contribution in [0, 0.1) is 6.92 Å². The molecule has 0 atom stereocenters. The van der Waals surface area contributed by atoms with Gasteiger partial charge in [0.05, 0.1) is 0 Å². The largest absolute Gasteiger partial charge is 0.457 e. The molecule has 0 radical (unpaired) electrons. The molecule has 5 aromatic rings. The lowest BCUT2D eigenvalue weighted by atomic mass is 9.97. The van der Waals surface area contributed by atoms with E-state index in [-0.39, 0.29) is 11.6 Å². The maximum atomic E-state index is 12.8. The highest BCUT2D eigenvalue weighted by molar-refractivity contribution is 6.09. The van der Waals surface area contributed by atoms with Gasteiger partial charge in [0.2, 0.25) is 0 Å². The lowest BCUT2D eigenvalue weighted by molar-refractivity contribution is 0.101. The van der Waals surface area contributed by atoms with Crippen LogP contribution in [0.2, 0.25) is 0 Å². The van der Waals surface area contributed by atoms with Crippen LogP contribution in [-0.2, 0) is 0 Å². The molecule has 0 heterocycles. The van der Waals surface area contributed by atoms with Crippen LogP contribution in [0.5, 0.6) is 11.5 Å². The second kappa shape index (κ2) is 10.5. The van der Waals surface area contributed by atoms with Gasteiger partial charge in [-0.05, 0) is 60.4 Å². The second-order valence-electron chi connectivity index (χ2n) is 9.06. The van der Waals surface area contributed by atoms with Crippen LogP contribution in [0.15, 0.2) is 121 Å². The number of hydrogen-bond donors (Lipinski definition) is 0. The molecule has 0 saturated carbocycles. The van der Waals surface area contributed by atoms with E-state index in [9.17, 15) is 9.59 Å². The van der Waals surface area contributed by atoms with Gasteiger partial charge in [-0.1, -0.05) is 103 Å². The van der Waals surface area contributed by atoms with Crippen LogP contribution in [0.4, 0.5) is 0 Å². The summed E-state index contributed by atoms with van der Waals surface area (Å²) < 4.78 is 5.93. The minimum absolute atomic E-state index is 0.0153. The van der Waals surface area contributed by atoms with Gasteiger partial charge < -0.3 is 4.74 Å². The Morgan fingerprint density at radius 2 is 0.784 bits per heavy atom. The summed E-state index contributed by atoms with van der Waals surface area (Å²) in [6.07, 6.45) is 0. The first-order chi connectivity index (χ1) is 18.0. The van der Waals surface area contributed by atoms with E-state index >= 15 is 0 Å². The van der Waals surface area contributed by atoms with Gasteiger partial charge in [-0.15, -0.1) is 0 Å². The van der Waals surface area contributed by atoms with Crippen molar-refractivity contribution in [3.05, 3.63) is 144 Å². The smallest absolute Gasteiger partial charge is 0.193 e. The van der Waals surface area contributed by atoms with E-state index in [1.54, 1.807) is 24.3 Å². The average Bonchev–Trinajstić information content (AvgIpc) is 2.94. The summed E-state index contributed by atoms with van der Waals surface area (Å²) in [5, 5.41) is 0. The molecular weight excluding hydrogens is 456 g/mol. The zero-order chi connectivity index (χ0) is 25.8. The molecule has 0 saturated heterocycles. The fourth-order valence-corrected chi connectivity index (χ4v) is 4.15. The van der Waals surface area contributed by atoms with E-state index in [1.807, 2.05) is 60.7 Å². The third kappa shape index (κ3) is 5.57. The predicted molar refractivity (Wildman–Crippen MR) is 148 cm³/mol. The third-order valence-corrected chi connectivity index (χ3v) is 6.36. The monoisotopic (exact) mass is 482 g/mol. The molecule has 0 aliphatic rings. The topological polar surface area (TPSA) is 43.4 Å². The molecule has 0 aliphatic carbocycles. The number of Topliss-reactive ketones (excluding diaryl/α,β-unsaturated/α-hetero) is 1. The molecule has 5 aromatic carbocycles. The summed E-state index contributed by atoms with van der Waals surface area (Å²) in [5.41, 5.74) is 7.33. The molecule has 0 fully saturated rings. The predicted octanol–water partition coefficient (Wildman–Crippen LogP) is 8.55. The van der Waals surface area contributed by atoms with Crippen LogP contribution in [0.3, 0.4) is 0 Å². The zero-order valence-corrected chi connectivity index (χ0v) is 20.8. The van der Waals surface area contributed by atoms with E-state index in [0.717, 1.165) is 33.8 Å². The number of benzene rings is 5. The molecule has 0 bridgehead atoms. The van der Waals surface area contributed by atoms with Gasteiger partial charge in [0.25, 0.3) is 0 Å². The van der Waals surface area contributed by atoms with Crippen LogP contribution in [0.25, 0.3) is 22.3 Å². The van der Waals surface area contributed by atoms with E-state index in [0.29, 0.717) is 16.7 Å². The van der Waals surface area contributed by atoms with Gasteiger partial charge in [0.15, 0.2) is 11.6 Å². The minimum atomic E-state index is -0.0631. The molecule has 0 spiro atoms. The molecule has 0 N–H and O–H groups in total. The standard InChI is InChI=1S/C34H26O3/c1-23-3-19-32(20-4-23)37-33-21-17-29(18-22-33)27-9-7-26(8-10-27)28-11-15-31(16-12-28)34(36)30-13-5-25(6-14-30)24(2)35/h3-22H,1-2H3. The Morgan fingerprint density at radius 1 is 0.459 bits per heavy atom.